The second-order valence-corrected chi connectivity index (χ2v) is 16.1. The Morgan fingerprint density at radius 1 is 0.302 bits per heavy atom. The molecular formula is C60H40N2O. The fraction of sp³-hybridized carbons (Fsp3) is 0. The third-order valence-corrected chi connectivity index (χ3v) is 12.4. The normalized spacial score (nSPS) is 11.5. The Morgan fingerprint density at radius 3 is 1.44 bits per heavy atom. The van der Waals surface area contributed by atoms with Crippen LogP contribution in [0.5, 0.6) is 0 Å². The van der Waals surface area contributed by atoms with Gasteiger partial charge in [0.15, 0.2) is 0 Å². The molecule has 0 N–H and O–H groups in total. The van der Waals surface area contributed by atoms with Crippen LogP contribution in [-0.2, 0) is 0 Å². The zero-order valence-electron chi connectivity index (χ0n) is 34.4. The second kappa shape index (κ2) is 15.3. The molecule has 63 heavy (non-hydrogen) atoms. The van der Waals surface area contributed by atoms with Gasteiger partial charge < -0.3 is 13.9 Å². The minimum Gasteiger partial charge on any atom is -0.456 e. The first-order valence-corrected chi connectivity index (χ1v) is 21.5. The average molecular weight is 805 g/mol. The maximum Gasteiger partial charge on any atom is 0.136 e. The number of nitrogens with zero attached hydrogens (tertiary/aromatic N) is 2. The van der Waals surface area contributed by atoms with E-state index in [4.69, 9.17) is 4.42 Å². The van der Waals surface area contributed by atoms with Crippen molar-refractivity contribution in [1.82, 2.24) is 4.57 Å². The predicted octanol–water partition coefficient (Wildman–Crippen LogP) is 16.8. The van der Waals surface area contributed by atoms with Gasteiger partial charge >= 0.3 is 0 Å². The number of hydrogen-bond acceptors (Lipinski definition) is 2. The van der Waals surface area contributed by atoms with Crippen molar-refractivity contribution in [1.29, 1.82) is 0 Å². The van der Waals surface area contributed by atoms with Crippen LogP contribution in [0.3, 0.4) is 0 Å². The van der Waals surface area contributed by atoms with Crippen LogP contribution in [-0.4, -0.2) is 4.57 Å². The van der Waals surface area contributed by atoms with Gasteiger partial charge in [0.25, 0.3) is 0 Å². The van der Waals surface area contributed by atoms with Gasteiger partial charge in [-0.1, -0.05) is 170 Å². The van der Waals surface area contributed by atoms with Crippen LogP contribution in [0.4, 0.5) is 17.1 Å². The highest BCUT2D eigenvalue weighted by atomic mass is 16.3. The molecule has 0 amide bonds. The topological polar surface area (TPSA) is 21.3 Å². The van der Waals surface area contributed by atoms with Crippen LogP contribution in [0.25, 0.3) is 93.9 Å². The molecule has 3 heteroatoms. The monoisotopic (exact) mass is 804 g/mol. The van der Waals surface area contributed by atoms with Crippen molar-refractivity contribution in [3.63, 3.8) is 0 Å². The summed E-state index contributed by atoms with van der Waals surface area (Å²) in [6, 6.07) is 87.1. The zero-order valence-corrected chi connectivity index (χ0v) is 34.4. The molecule has 0 fully saturated rings. The summed E-state index contributed by atoms with van der Waals surface area (Å²) in [5, 5.41) is 4.77. The summed E-state index contributed by atoms with van der Waals surface area (Å²) in [5.41, 5.74) is 17.8. The molecule has 2 heterocycles. The number of furan rings is 1. The SMILES string of the molecule is c1ccc(-c2ccc(-c3ccc(N(c4ccc(-c5cccc(-n6c7ccccc7c7ccccc76)c5)cc4)c4ccccc4-c4ccc5c(c4)oc4ccccc45)cc3)cc2)cc1. The lowest BCUT2D eigenvalue weighted by Gasteiger charge is -2.28. The second-order valence-electron chi connectivity index (χ2n) is 16.1. The Morgan fingerprint density at radius 2 is 0.778 bits per heavy atom. The molecule has 0 spiro atoms. The van der Waals surface area contributed by atoms with Crippen LogP contribution in [0.2, 0.25) is 0 Å². The Balaban J connectivity index is 0.943. The molecule has 0 bridgehead atoms. The van der Waals surface area contributed by atoms with Gasteiger partial charge in [-0.15, -0.1) is 0 Å². The smallest absolute Gasteiger partial charge is 0.136 e. The van der Waals surface area contributed by atoms with Crippen molar-refractivity contribution in [2.75, 3.05) is 4.90 Å². The van der Waals surface area contributed by atoms with Crippen molar-refractivity contribution >= 4 is 60.8 Å². The number of para-hydroxylation sites is 4. The molecule has 10 aromatic carbocycles. The summed E-state index contributed by atoms with van der Waals surface area (Å²) in [6.45, 7) is 0. The highest BCUT2D eigenvalue weighted by Crippen LogP contribution is 2.43. The van der Waals surface area contributed by atoms with E-state index in [-0.39, 0.29) is 0 Å². The summed E-state index contributed by atoms with van der Waals surface area (Å²) in [6.07, 6.45) is 0. The summed E-state index contributed by atoms with van der Waals surface area (Å²) < 4.78 is 8.77. The predicted molar refractivity (Wildman–Crippen MR) is 264 cm³/mol. The van der Waals surface area contributed by atoms with E-state index in [1.807, 2.05) is 12.1 Å². The summed E-state index contributed by atoms with van der Waals surface area (Å²) >= 11 is 0. The first kappa shape index (κ1) is 36.5. The van der Waals surface area contributed by atoms with Crippen molar-refractivity contribution in [3.05, 3.63) is 243 Å². The summed E-state index contributed by atoms with van der Waals surface area (Å²) in [5.74, 6) is 0. The van der Waals surface area contributed by atoms with E-state index >= 15 is 0 Å². The van der Waals surface area contributed by atoms with Crippen LogP contribution in [0.15, 0.2) is 247 Å². The van der Waals surface area contributed by atoms with Gasteiger partial charge in [0.2, 0.25) is 0 Å². The maximum atomic E-state index is 6.39. The number of rotatable bonds is 8. The highest BCUT2D eigenvalue weighted by molar-refractivity contribution is 6.09. The van der Waals surface area contributed by atoms with Crippen molar-refractivity contribution < 1.29 is 4.42 Å². The Hall–Kier alpha value is -8.40. The third-order valence-electron chi connectivity index (χ3n) is 12.4. The Labute approximate surface area is 366 Å². The molecule has 3 nitrogen and oxygen atoms in total. The molecule has 0 aliphatic rings. The molecule has 0 aliphatic heterocycles. The van der Waals surface area contributed by atoms with Gasteiger partial charge in [-0.2, -0.15) is 0 Å². The molecule has 0 saturated heterocycles. The van der Waals surface area contributed by atoms with Gasteiger partial charge in [-0.25, -0.2) is 0 Å². The van der Waals surface area contributed by atoms with Crippen LogP contribution in [0.1, 0.15) is 0 Å². The lowest BCUT2D eigenvalue weighted by Crippen LogP contribution is -2.11. The van der Waals surface area contributed by atoms with E-state index < -0.39 is 0 Å². The lowest BCUT2D eigenvalue weighted by molar-refractivity contribution is 0.669. The fourth-order valence-corrected chi connectivity index (χ4v) is 9.35. The number of anilines is 3. The van der Waals surface area contributed by atoms with Gasteiger partial charge in [-0.05, 0) is 112 Å². The third kappa shape index (κ3) is 6.46. The highest BCUT2D eigenvalue weighted by Gasteiger charge is 2.19. The van der Waals surface area contributed by atoms with Gasteiger partial charge in [-0.3, -0.25) is 0 Å². The maximum absolute atomic E-state index is 6.39. The number of fused-ring (bicyclic) bond motifs is 6. The molecule has 0 aliphatic carbocycles. The van der Waals surface area contributed by atoms with E-state index in [1.165, 1.54) is 44.1 Å². The number of hydrogen-bond donors (Lipinski definition) is 0. The minimum atomic E-state index is 0.880. The first-order chi connectivity index (χ1) is 31.2. The van der Waals surface area contributed by atoms with Crippen molar-refractivity contribution in [2.24, 2.45) is 0 Å². The Kier molecular flexibility index (Phi) is 8.83. The molecule has 0 unspecified atom stereocenters. The molecule has 296 valence electrons. The van der Waals surface area contributed by atoms with E-state index in [1.54, 1.807) is 0 Å². The Bertz CT molecular complexity index is 3550. The standard InChI is InChI=1S/C60H40N2O/c1-2-13-41(14-3-1)42-25-27-43(28-26-42)44-29-34-48(35-30-44)61(56-21-8-4-17-51(56)47-33-38-55-54-20-7-11-24-59(54)63-60(55)40-47)49-36-31-45(32-37-49)46-15-12-16-50(39-46)62-57-22-9-5-18-52(57)53-19-6-10-23-58(53)62/h1-40H. The van der Waals surface area contributed by atoms with E-state index in [2.05, 4.69) is 240 Å². The molecule has 0 saturated carbocycles. The molecule has 12 aromatic rings. The first-order valence-electron chi connectivity index (χ1n) is 21.5. The van der Waals surface area contributed by atoms with Gasteiger partial charge in [0.1, 0.15) is 11.2 Å². The molecule has 0 atom stereocenters. The van der Waals surface area contributed by atoms with Crippen LogP contribution >= 0.6 is 0 Å². The van der Waals surface area contributed by atoms with E-state index in [9.17, 15) is 0 Å². The largest absolute Gasteiger partial charge is 0.456 e. The van der Waals surface area contributed by atoms with Gasteiger partial charge in [0, 0.05) is 44.2 Å². The molecule has 12 rings (SSSR count). The fourth-order valence-electron chi connectivity index (χ4n) is 9.35. The van der Waals surface area contributed by atoms with E-state index in [0.717, 1.165) is 66.9 Å². The van der Waals surface area contributed by atoms with E-state index in [0.29, 0.717) is 0 Å². The lowest BCUT2D eigenvalue weighted by atomic mass is 9.98. The minimum absolute atomic E-state index is 0.880. The summed E-state index contributed by atoms with van der Waals surface area (Å²) in [4.78, 5) is 2.37. The van der Waals surface area contributed by atoms with Crippen LogP contribution in [0, 0.1) is 0 Å². The zero-order chi connectivity index (χ0) is 41.7. The number of benzene rings is 10. The number of aromatic nitrogens is 1. The molecular weight excluding hydrogens is 765 g/mol. The average Bonchev–Trinajstić information content (AvgIpc) is 3.91. The van der Waals surface area contributed by atoms with Crippen LogP contribution < -0.4 is 4.90 Å². The van der Waals surface area contributed by atoms with Gasteiger partial charge in [0.05, 0.1) is 16.7 Å². The quantitative estimate of drug-likeness (QED) is 0.153. The summed E-state index contributed by atoms with van der Waals surface area (Å²) in [7, 11) is 0. The van der Waals surface area contributed by atoms with Crippen molar-refractivity contribution in [3.8, 4) is 50.2 Å². The van der Waals surface area contributed by atoms with Crippen molar-refractivity contribution in [2.45, 2.75) is 0 Å². The molecule has 0 radical (unpaired) electrons. The molecule has 2 aromatic heterocycles.